The molecule has 2 saturated heterocycles. The van der Waals surface area contributed by atoms with Crippen LogP contribution in [0.1, 0.15) is 27.7 Å². The van der Waals surface area contributed by atoms with Crippen LogP contribution in [-0.2, 0) is 9.57 Å². The van der Waals surface area contributed by atoms with Crippen LogP contribution < -0.4 is 16.0 Å². The van der Waals surface area contributed by atoms with Gasteiger partial charge in [-0.05, 0) is 27.7 Å². The number of nitrogens with zero attached hydrogens (tertiary/aromatic N) is 3. The smallest absolute Gasteiger partial charge is 0.147 e. The van der Waals surface area contributed by atoms with Gasteiger partial charge < -0.3 is 4.74 Å². The number of hydrogen-bond donors (Lipinski definition) is 3. The first-order chi connectivity index (χ1) is 12.0. The molecule has 8 nitrogen and oxygen atoms in total. The summed E-state index contributed by atoms with van der Waals surface area (Å²) in [4.78, 5) is 13.3. The van der Waals surface area contributed by atoms with E-state index in [0.29, 0.717) is 19.3 Å². The maximum Gasteiger partial charge on any atom is 0.147 e. The van der Waals surface area contributed by atoms with Crippen molar-refractivity contribution in [1.29, 1.82) is 0 Å². The van der Waals surface area contributed by atoms with E-state index in [1.54, 1.807) is 7.11 Å². The van der Waals surface area contributed by atoms with Gasteiger partial charge in [0.05, 0.1) is 19.4 Å². The van der Waals surface area contributed by atoms with Gasteiger partial charge in [0.1, 0.15) is 17.9 Å². The highest BCUT2D eigenvalue weighted by atomic mass is 16.7. The molecule has 3 unspecified atom stereocenters. The van der Waals surface area contributed by atoms with Crippen LogP contribution in [0.3, 0.4) is 0 Å². The third-order valence-corrected chi connectivity index (χ3v) is 5.39. The molecule has 0 spiro atoms. The molecular weight excluding hydrogens is 320 g/mol. The maximum atomic E-state index is 6.03. The molecule has 3 heterocycles. The van der Waals surface area contributed by atoms with Crippen molar-refractivity contribution in [2.75, 3.05) is 46.5 Å². The number of rotatable bonds is 7. The predicted octanol–water partition coefficient (Wildman–Crippen LogP) is -0.252. The average molecular weight is 353 g/mol. The van der Waals surface area contributed by atoms with E-state index >= 15 is 0 Å². The van der Waals surface area contributed by atoms with E-state index in [0.717, 1.165) is 38.1 Å². The highest BCUT2D eigenvalue weighted by molar-refractivity contribution is 5.95. The SMILES string of the molecule is COCCON1CCNC1C1(C2NCCN2C(C)C)N[C](C)N=C1C. The molecule has 25 heavy (non-hydrogen) atoms. The van der Waals surface area contributed by atoms with E-state index in [4.69, 9.17) is 14.6 Å². The first-order valence-electron chi connectivity index (χ1n) is 9.29. The standard InChI is InChI=1S/C17H33N6O2/c1-12(2)22-8-6-18-15(22)17(13(3)20-14(4)21-17)16-19-7-9-23(16)25-11-10-24-5/h12,15-16,18-19,21H,6-11H2,1-5H3. The molecule has 0 saturated carbocycles. The summed E-state index contributed by atoms with van der Waals surface area (Å²) in [5.41, 5.74) is 0.726. The summed E-state index contributed by atoms with van der Waals surface area (Å²) < 4.78 is 5.14. The Hall–Kier alpha value is -0.610. The van der Waals surface area contributed by atoms with Gasteiger partial charge in [0.15, 0.2) is 0 Å². The Balaban J connectivity index is 1.89. The fraction of sp³-hybridized carbons (Fsp3) is 0.882. The molecule has 0 aliphatic carbocycles. The minimum absolute atomic E-state index is 0.00223. The van der Waals surface area contributed by atoms with Crippen LogP contribution in [0.15, 0.2) is 4.99 Å². The summed E-state index contributed by atoms with van der Waals surface area (Å²) in [6, 6.07) is 0.455. The zero-order valence-corrected chi connectivity index (χ0v) is 16.1. The molecule has 0 bridgehead atoms. The molecule has 8 heteroatoms. The van der Waals surface area contributed by atoms with Crippen LogP contribution >= 0.6 is 0 Å². The van der Waals surface area contributed by atoms with Gasteiger partial charge in [0, 0.05) is 45.0 Å². The second kappa shape index (κ2) is 7.96. The van der Waals surface area contributed by atoms with Crippen LogP contribution in [0.2, 0.25) is 0 Å². The largest absolute Gasteiger partial charge is 0.382 e. The van der Waals surface area contributed by atoms with E-state index in [1.807, 2.05) is 6.92 Å². The number of hydroxylamine groups is 2. The van der Waals surface area contributed by atoms with Crippen LogP contribution in [0.5, 0.6) is 0 Å². The van der Waals surface area contributed by atoms with Crippen molar-refractivity contribution < 1.29 is 9.57 Å². The van der Waals surface area contributed by atoms with Crippen molar-refractivity contribution in [2.45, 2.75) is 51.6 Å². The predicted molar refractivity (Wildman–Crippen MR) is 97.9 cm³/mol. The van der Waals surface area contributed by atoms with Crippen molar-refractivity contribution in [3.8, 4) is 0 Å². The average Bonchev–Trinajstić information content (AvgIpc) is 3.26. The second-order valence-corrected chi connectivity index (χ2v) is 7.29. The van der Waals surface area contributed by atoms with E-state index in [-0.39, 0.29) is 17.9 Å². The van der Waals surface area contributed by atoms with E-state index in [2.05, 4.69) is 46.7 Å². The molecule has 3 N–H and O–H groups in total. The van der Waals surface area contributed by atoms with Gasteiger partial charge in [-0.1, -0.05) is 0 Å². The van der Waals surface area contributed by atoms with Crippen molar-refractivity contribution in [3.63, 3.8) is 0 Å². The van der Waals surface area contributed by atoms with Gasteiger partial charge in [-0.3, -0.25) is 30.7 Å². The number of methoxy groups -OCH3 is 1. The van der Waals surface area contributed by atoms with Crippen molar-refractivity contribution in [1.82, 2.24) is 25.9 Å². The fourth-order valence-corrected chi connectivity index (χ4v) is 4.31. The Morgan fingerprint density at radius 1 is 1.16 bits per heavy atom. The summed E-state index contributed by atoms with van der Waals surface area (Å²) in [6.07, 6.45) is 1.11. The van der Waals surface area contributed by atoms with Gasteiger partial charge in [0.25, 0.3) is 0 Å². The first kappa shape index (κ1) is 19.2. The van der Waals surface area contributed by atoms with Crippen molar-refractivity contribution in [3.05, 3.63) is 6.17 Å². The number of aliphatic imine (C=N–C) groups is 1. The number of ether oxygens (including phenoxy) is 1. The van der Waals surface area contributed by atoms with Crippen LogP contribution in [0.25, 0.3) is 0 Å². The quantitative estimate of drug-likeness (QED) is 0.545. The lowest BCUT2D eigenvalue weighted by molar-refractivity contribution is -0.192. The Morgan fingerprint density at radius 2 is 1.88 bits per heavy atom. The third-order valence-electron chi connectivity index (χ3n) is 5.39. The van der Waals surface area contributed by atoms with Crippen LogP contribution in [-0.4, -0.2) is 86.1 Å². The zero-order valence-electron chi connectivity index (χ0n) is 16.1. The number of hydrogen-bond acceptors (Lipinski definition) is 8. The Kier molecular flexibility index (Phi) is 6.10. The second-order valence-electron chi connectivity index (χ2n) is 7.29. The monoisotopic (exact) mass is 353 g/mol. The highest BCUT2D eigenvalue weighted by Gasteiger charge is 2.58. The third kappa shape index (κ3) is 3.49. The molecule has 3 atom stereocenters. The van der Waals surface area contributed by atoms with Crippen LogP contribution in [0.4, 0.5) is 0 Å². The van der Waals surface area contributed by atoms with Crippen molar-refractivity contribution >= 4 is 5.71 Å². The first-order valence-corrected chi connectivity index (χ1v) is 9.29. The van der Waals surface area contributed by atoms with Gasteiger partial charge >= 0.3 is 0 Å². The normalized spacial score (nSPS) is 35.2. The molecule has 3 aliphatic heterocycles. The summed E-state index contributed by atoms with van der Waals surface area (Å²) in [5.74, 6) is 0. The van der Waals surface area contributed by atoms with Crippen molar-refractivity contribution in [2.24, 2.45) is 4.99 Å². The molecule has 143 valence electrons. The van der Waals surface area contributed by atoms with Crippen LogP contribution in [0, 0.1) is 6.17 Å². The summed E-state index contributed by atoms with van der Waals surface area (Å²) in [6.45, 7) is 13.5. The van der Waals surface area contributed by atoms with Gasteiger partial charge in [0.2, 0.25) is 0 Å². The highest BCUT2D eigenvalue weighted by Crippen LogP contribution is 2.34. The molecule has 0 amide bonds. The topological polar surface area (TPSA) is 73.4 Å². The van der Waals surface area contributed by atoms with E-state index in [1.165, 1.54) is 0 Å². The van der Waals surface area contributed by atoms with E-state index in [9.17, 15) is 0 Å². The molecule has 1 radical (unpaired) electrons. The summed E-state index contributed by atoms with van der Waals surface area (Å²) in [7, 11) is 1.70. The lowest BCUT2D eigenvalue weighted by Crippen LogP contribution is -2.75. The Morgan fingerprint density at radius 3 is 2.52 bits per heavy atom. The van der Waals surface area contributed by atoms with Gasteiger partial charge in [-0.2, -0.15) is 5.06 Å². The fourth-order valence-electron chi connectivity index (χ4n) is 4.31. The lowest BCUT2D eigenvalue weighted by Gasteiger charge is -2.47. The maximum absolute atomic E-state index is 6.03. The zero-order chi connectivity index (χ0) is 18.0. The summed E-state index contributed by atoms with van der Waals surface area (Å²) in [5, 5.41) is 13.1. The number of nitrogens with one attached hydrogen (secondary N) is 3. The molecule has 3 rings (SSSR count). The van der Waals surface area contributed by atoms with Gasteiger partial charge in [-0.15, -0.1) is 0 Å². The van der Waals surface area contributed by atoms with Gasteiger partial charge in [-0.25, -0.2) is 0 Å². The molecule has 2 fully saturated rings. The van der Waals surface area contributed by atoms with E-state index < -0.39 is 0 Å². The Labute approximate surface area is 151 Å². The minimum Gasteiger partial charge on any atom is -0.382 e. The Bertz CT molecular complexity index is 488. The molecule has 3 aliphatic rings. The minimum atomic E-state index is -0.367. The molecule has 0 aromatic heterocycles. The molecule has 0 aromatic carbocycles. The summed E-state index contributed by atoms with van der Waals surface area (Å²) >= 11 is 0. The molecule has 0 aromatic rings. The lowest BCUT2D eigenvalue weighted by atomic mass is 9.86. The molecular formula is C17H33N6O2.